The van der Waals surface area contributed by atoms with Crippen molar-refractivity contribution in [1.29, 1.82) is 0 Å². The summed E-state index contributed by atoms with van der Waals surface area (Å²) in [6.07, 6.45) is 6.49. The third kappa shape index (κ3) is 2.03. The number of halogens is 1. The molecule has 1 atom stereocenters. The molecule has 0 radical (unpaired) electrons. The summed E-state index contributed by atoms with van der Waals surface area (Å²) in [6, 6.07) is 8.25. The predicted molar refractivity (Wildman–Crippen MR) is 75.9 cm³/mol. The Kier molecular flexibility index (Phi) is 3.29. The third-order valence-electron chi connectivity index (χ3n) is 4.13. The van der Waals surface area contributed by atoms with E-state index in [-0.39, 0.29) is 5.38 Å². The van der Waals surface area contributed by atoms with Crippen molar-refractivity contribution < 1.29 is 0 Å². The van der Waals surface area contributed by atoms with Gasteiger partial charge in [-0.25, -0.2) is 4.98 Å². The SMILES string of the molecule is Cn1c(C(Cl)C2CCCCC2)nc2ccccc21. The van der Waals surface area contributed by atoms with E-state index in [1.54, 1.807) is 0 Å². The quantitative estimate of drug-likeness (QED) is 0.732. The molecule has 1 saturated carbocycles. The van der Waals surface area contributed by atoms with E-state index in [2.05, 4.69) is 29.8 Å². The van der Waals surface area contributed by atoms with Gasteiger partial charge in [0.05, 0.1) is 16.4 Å². The first-order valence-electron chi connectivity index (χ1n) is 6.83. The molecule has 1 aromatic carbocycles. The average Bonchev–Trinajstić information content (AvgIpc) is 2.77. The smallest absolute Gasteiger partial charge is 0.128 e. The largest absolute Gasteiger partial charge is 0.330 e. The van der Waals surface area contributed by atoms with Gasteiger partial charge in [0.2, 0.25) is 0 Å². The molecule has 3 rings (SSSR count). The molecular formula is C15H19ClN2. The molecule has 18 heavy (non-hydrogen) atoms. The molecule has 2 aromatic rings. The Bertz CT molecular complexity index is 540. The van der Waals surface area contributed by atoms with Gasteiger partial charge in [0.15, 0.2) is 0 Å². The van der Waals surface area contributed by atoms with Gasteiger partial charge >= 0.3 is 0 Å². The summed E-state index contributed by atoms with van der Waals surface area (Å²) in [6.45, 7) is 0. The van der Waals surface area contributed by atoms with Crippen molar-refractivity contribution in [2.75, 3.05) is 0 Å². The summed E-state index contributed by atoms with van der Waals surface area (Å²) >= 11 is 6.68. The maximum Gasteiger partial charge on any atom is 0.128 e. The lowest BCUT2D eigenvalue weighted by molar-refractivity contribution is 0.341. The molecule has 1 aliphatic rings. The van der Waals surface area contributed by atoms with E-state index < -0.39 is 0 Å². The van der Waals surface area contributed by atoms with Crippen LogP contribution in [0.5, 0.6) is 0 Å². The first-order chi connectivity index (χ1) is 8.77. The Labute approximate surface area is 113 Å². The molecule has 0 amide bonds. The van der Waals surface area contributed by atoms with E-state index in [0.29, 0.717) is 5.92 Å². The highest BCUT2D eigenvalue weighted by Crippen LogP contribution is 2.38. The molecule has 1 unspecified atom stereocenters. The van der Waals surface area contributed by atoms with Crippen LogP contribution in [0.25, 0.3) is 11.0 Å². The van der Waals surface area contributed by atoms with E-state index in [4.69, 9.17) is 16.6 Å². The number of hydrogen-bond acceptors (Lipinski definition) is 1. The number of fused-ring (bicyclic) bond motifs is 1. The molecule has 1 aliphatic carbocycles. The number of aromatic nitrogens is 2. The van der Waals surface area contributed by atoms with Crippen LogP contribution < -0.4 is 0 Å². The fourth-order valence-corrected chi connectivity index (χ4v) is 3.50. The lowest BCUT2D eigenvalue weighted by Gasteiger charge is -2.25. The van der Waals surface area contributed by atoms with Crippen LogP contribution in [-0.2, 0) is 7.05 Å². The molecular weight excluding hydrogens is 244 g/mol. The van der Waals surface area contributed by atoms with Crippen LogP contribution >= 0.6 is 11.6 Å². The van der Waals surface area contributed by atoms with Gasteiger partial charge < -0.3 is 4.57 Å². The number of hydrogen-bond donors (Lipinski definition) is 0. The van der Waals surface area contributed by atoms with Gasteiger partial charge in [0.1, 0.15) is 5.82 Å². The topological polar surface area (TPSA) is 17.8 Å². The number of imidazole rings is 1. The second-order valence-corrected chi connectivity index (χ2v) is 5.79. The predicted octanol–water partition coefficient (Wildman–Crippen LogP) is 4.43. The molecule has 0 spiro atoms. The van der Waals surface area contributed by atoms with Crippen LogP contribution in [0.3, 0.4) is 0 Å². The molecule has 1 heterocycles. The van der Waals surface area contributed by atoms with Gasteiger partial charge in [-0.1, -0.05) is 31.4 Å². The summed E-state index contributed by atoms with van der Waals surface area (Å²) in [7, 11) is 2.07. The van der Waals surface area contributed by atoms with Gasteiger partial charge in [0, 0.05) is 7.05 Å². The zero-order valence-corrected chi connectivity index (χ0v) is 11.5. The summed E-state index contributed by atoms with van der Waals surface area (Å²) < 4.78 is 2.15. The standard InChI is InChI=1S/C15H19ClN2/c1-18-13-10-6-5-9-12(13)17-15(18)14(16)11-7-3-2-4-8-11/h5-6,9-11,14H,2-4,7-8H2,1H3. The molecule has 96 valence electrons. The fraction of sp³-hybridized carbons (Fsp3) is 0.533. The minimum absolute atomic E-state index is 0.0581. The molecule has 0 N–H and O–H groups in total. The molecule has 3 heteroatoms. The van der Waals surface area contributed by atoms with E-state index in [0.717, 1.165) is 11.3 Å². The van der Waals surface area contributed by atoms with Crippen LogP contribution in [0, 0.1) is 5.92 Å². The first kappa shape index (κ1) is 12.0. The maximum atomic E-state index is 6.68. The van der Waals surface area contributed by atoms with Crippen molar-refractivity contribution >= 4 is 22.6 Å². The minimum Gasteiger partial charge on any atom is -0.330 e. The van der Waals surface area contributed by atoms with Crippen LogP contribution in [0.15, 0.2) is 24.3 Å². The summed E-state index contributed by atoms with van der Waals surface area (Å²) in [4.78, 5) is 4.72. The highest BCUT2D eigenvalue weighted by atomic mass is 35.5. The molecule has 0 bridgehead atoms. The lowest BCUT2D eigenvalue weighted by Crippen LogP contribution is -2.15. The third-order valence-corrected chi connectivity index (χ3v) is 4.68. The lowest BCUT2D eigenvalue weighted by atomic mass is 9.86. The number of aryl methyl sites for hydroxylation is 1. The van der Waals surface area contributed by atoms with Gasteiger partial charge in [-0.2, -0.15) is 0 Å². The Hall–Kier alpha value is -1.02. The Balaban J connectivity index is 1.95. The van der Waals surface area contributed by atoms with E-state index >= 15 is 0 Å². The highest BCUT2D eigenvalue weighted by molar-refractivity contribution is 6.20. The highest BCUT2D eigenvalue weighted by Gasteiger charge is 2.26. The zero-order chi connectivity index (χ0) is 12.5. The van der Waals surface area contributed by atoms with E-state index in [9.17, 15) is 0 Å². The summed E-state index contributed by atoms with van der Waals surface area (Å²) in [5, 5.41) is 0.0581. The second kappa shape index (κ2) is 4.93. The molecule has 0 saturated heterocycles. The van der Waals surface area contributed by atoms with Crippen molar-refractivity contribution in [3.05, 3.63) is 30.1 Å². The van der Waals surface area contributed by atoms with Crippen molar-refractivity contribution in [2.24, 2.45) is 13.0 Å². The van der Waals surface area contributed by atoms with Gasteiger partial charge in [-0.15, -0.1) is 11.6 Å². The Morgan fingerprint density at radius 3 is 2.67 bits per heavy atom. The second-order valence-electron chi connectivity index (χ2n) is 5.32. The van der Waals surface area contributed by atoms with E-state index in [1.807, 2.05) is 6.07 Å². The van der Waals surface area contributed by atoms with Gasteiger partial charge in [-0.3, -0.25) is 0 Å². The molecule has 1 aromatic heterocycles. The minimum atomic E-state index is 0.0581. The summed E-state index contributed by atoms with van der Waals surface area (Å²) in [5.41, 5.74) is 2.23. The van der Waals surface area contributed by atoms with E-state index in [1.165, 1.54) is 37.6 Å². The van der Waals surface area contributed by atoms with Gasteiger partial charge in [-0.05, 0) is 30.9 Å². The maximum absolute atomic E-state index is 6.68. The molecule has 2 nitrogen and oxygen atoms in total. The average molecular weight is 263 g/mol. The fourth-order valence-electron chi connectivity index (χ4n) is 3.05. The van der Waals surface area contributed by atoms with Crippen LogP contribution in [0.1, 0.15) is 43.3 Å². The van der Waals surface area contributed by atoms with Crippen LogP contribution in [0.2, 0.25) is 0 Å². The van der Waals surface area contributed by atoms with Crippen LogP contribution in [-0.4, -0.2) is 9.55 Å². The van der Waals surface area contributed by atoms with Crippen molar-refractivity contribution in [2.45, 2.75) is 37.5 Å². The number of benzene rings is 1. The zero-order valence-electron chi connectivity index (χ0n) is 10.8. The monoisotopic (exact) mass is 262 g/mol. The van der Waals surface area contributed by atoms with Crippen molar-refractivity contribution in [3.8, 4) is 0 Å². The Morgan fingerprint density at radius 1 is 1.22 bits per heavy atom. The van der Waals surface area contributed by atoms with Gasteiger partial charge in [0.25, 0.3) is 0 Å². The van der Waals surface area contributed by atoms with Crippen molar-refractivity contribution in [1.82, 2.24) is 9.55 Å². The summed E-state index contributed by atoms with van der Waals surface area (Å²) in [5.74, 6) is 1.63. The Morgan fingerprint density at radius 2 is 1.94 bits per heavy atom. The first-order valence-corrected chi connectivity index (χ1v) is 7.26. The number of rotatable bonds is 2. The molecule has 1 fully saturated rings. The number of nitrogens with zero attached hydrogens (tertiary/aromatic N) is 2. The van der Waals surface area contributed by atoms with Crippen molar-refractivity contribution in [3.63, 3.8) is 0 Å². The number of para-hydroxylation sites is 2. The molecule has 0 aliphatic heterocycles. The number of alkyl halides is 1. The van der Waals surface area contributed by atoms with Crippen LogP contribution in [0.4, 0.5) is 0 Å². The normalized spacial score (nSPS) is 19.2.